The number of nitrogens with zero attached hydrogens (tertiary/aromatic N) is 1. The van der Waals surface area contributed by atoms with Gasteiger partial charge in [-0.2, -0.15) is 0 Å². The van der Waals surface area contributed by atoms with Crippen molar-refractivity contribution in [2.45, 2.75) is 27.2 Å². The van der Waals surface area contributed by atoms with Crippen LogP contribution in [0.25, 0.3) is 11.3 Å². The van der Waals surface area contributed by atoms with Crippen LogP contribution in [0.4, 0.5) is 5.69 Å². The summed E-state index contributed by atoms with van der Waals surface area (Å²) in [6.45, 7) is 6.46. The number of nitrogens with two attached hydrogens (primary N) is 1. The standard InChI is InChI=1S/C16H20N2/c1-11(2)8-13-4-6-14(7-5-13)16-15(17)9-12(3)10-18-16/h4-7,9-11H,8,17H2,1-3H3. The largest absolute Gasteiger partial charge is 0.397 e. The highest BCUT2D eigenvalue weighted by Crippen LogP contribution is 2.24. The Labute approximate surface area is 109 Å². The lowest BCUT2D eigenvalue weighted by Crippen LogP contribution is -1.96. The van der Waals surface area contributed by atoms with Crippen molar-refractivity contribution in [2.24, 2.45) is 5.92 Å². The number of rotatable bonds is 3. The molecule has 0 bridgehead atoms. The van der Waals surface area contributed by atoms with Gasteiger partial charge >= 0.3 is 0 Å². The molecule has 0 saturated heterocycles. The molecule has 0 amide bonds. The number of aryl methyl sites for hydroxylation is 1. The van der Waals surface area contributed by atoms with E-state index in [9.17, 15) is 0 Å². The number of nitrogen functional groups attached to an aromatic ring is 1. The first kappa shape index (κ1) is 12.6. The van der Waals surface area contributed by atoms with Crippen LogP contribution >= 0.6 is 0 Å². The summed E-state index contributed by atoms with van der Waals surface area (Å²) in [5, 5.41) is 0. The van der Waals surface area contributed by atoms with Gasteiger partial charge in [-0.3, -0.25) is 4.98 Å². The fourth-order valence-corrected chi connectivity index (χ4v) is 2.10. The Morgan fingerprint density at radius 3 is 2.39 bits per heavy atom. The predicted molar refractivity (Wildman–Crippen MR) is 77.4 cm³/mol. The summed E-state index contributed by atoms with van der Waals surface area (Å²) in [5.74, 6) is 0.679. The van der Waals surface area contributed by atoms with E-state index in [1.54, 1.807) is 0 Å². The molecule has 2 nitrogen and oxygen atoms in total. The zero-order valence-electron chi connectivity index (χ0n) is 11.3. The van der Waals surface area contributed by atoms with Gasteiger partial charge in [0.2, 0.25) is 0 Å². The van der Waals surface area contributed by atoms with E-state index in [0.29, 0.717) is 5.92 Å². The molecule has 2 N–H and O–H groups in total. The van der Waals surface area contributed by atoms with Crippen LogP contribution < -0.4 is 5.73 Å². The smallest absolute Gasteiger partial charge is 0.0931 e. The molecular formula is C16H20N2. The third-order valence-electron chi connectivity index (χ3n) is 2.93. The molecule has 2 aromatic rings. The Kier molecular flexibility index (Phi) is 3.66. The van der Waals surface area contributed by atoms with E-state index in [2.05, 4.69) is 43.1 Å². The van der Waals surface area contributed by atoms with Gasteiger partial charge in [0.05, 0.1) is 11.4 Å². The Morgan fingerprint density at radius 2 is 1.83 bits per heavy atom. The Balaban J connectivity index is 2.28. The number of anilines is 1. The van der Waals surface area contributed by atoms with Crippen LogP contribution in [-0.2, 0) is 6.42 Å². The van der Waals surface area contributed by atoms with Crippen molar-refractivity contribution in [1.82, 2.24) is 4.98 Å². The molecule has 2 heteroatoms. The van der Waals surface area contributed by atoms with Crippen LogP contribution in [-0.4, -0.2) is 4.98 Å². The number of hydrogen-bond donors (Lipinski definition) is 1. The molecule has 18 heavy (non-hydrogen) atoms. The van der Waals surface area contributed by atoms with Crippen molar-refractivity contribution in [3.05, 3.63) is 47.7 Å². The maximum absolute atomic E-state index is 6.01. The van der Waals surface area contributed by atoms with Gasteiger partial charge in [0, 0.05) is 11.8 Å². The molecule has 0 spiro atoms. The zero-order valence-corrected chi connectivity index (χ0v) is 11.3. The van der Waals surface area contributed by atoms with Crippen LogP contribution in [0.5, 0.6) is 0 Å². The molecule has 0 radical (unpaired) electrons. The molecule has 2 rings (SSSR count). The highest BCUT2D eigenvalue weighted by Gasteiger charge is 2.05. The fraction of sp³-hybridized carbons (Fsp3) is 0.312. The van der Waals surface area contributed by atoms with Crippen LogP contribution in [0.2, 0.25) is 0 Å². The van der Waals surface area contributed by atoms with Gasteiger partial charge in [-0.1, -0.05) is 38.1 Å². The van der Waals surface area contributed by atoms with Crippen LogP contribution in [0.15, 0.2) is 36.5 Å². The maximum Gasteiger partial charge on any atom is 0.0931 e. The van der Waals surface area contributed by atoms with E-state index >= 15 is 0 Å². The van der Waals surface area contributed by atoms with Gasteiger partial charge in [0.25, 0.3) is 0 Å². The molecule has 0 atom stereocenters. The second kappa shape index (κ2) is 5.21. The van der Waals surface area contributed by atoms with Gasteiger partial charge in [-0.25, -0.2) is 0 Å². The summed E-state index contributed by atoms with van der Waals surface area (Å²) in [6, 6.07) is 10.5. The van der Waals surface area contributed by atoms with Crippen LogP contribution in [0, 0.1) is 12.8 Å². The van der Waals surface area contributed by atoms with E-state index in [4.69, 9.17) is 5.73 Å². The molecule has 0 aliphatic carbocycles. The van der Waals surface area contributed by atoms with Gasteiger partial charge in [0.1, 0.15) is 0 Å². The minimum absolute atomic E-state index is 0.679. The highest BCUT2D eigenvalue weighted by atomic mass is 14.7. The lowest BCUT2D eigenvalue weighted by atomic mass is 10.0. The zero-order chi connectivity index (χ0) is 13.1. The summed E-state index contributed by atoms with van der Waals surface area (Å²) in [6.07, 6.45) is 2.96. The average molecular weight is 240 g/mol. The van der Waals surface area contributed by atoms with E-state index < -0.39 is 0 Å². The van der Waals surface area contributed by atoms with Crippen molar-refractivity contribution in [3.8, 4) is 11.3 Å². The van der Waals surface area contributed by atoms with Crippen molar-refractivity contribution in [2.75, 3.05) is 5.73 Å². The van der Waals surface area contributed by atoms with Gasteiger partial charge in [0.15, 0.2) is 0 Å². The second-order valence-electron chi connectivity index (χ2n) is 5.25. The number of aromatic nitrogens is 1. The molecule has 0 fully saturated rings. The summed E-state index contributed by atoms with van der Waals surface area (Å²) >= 11 is 0. The normalized spacial score (nSPS) is 10.9. The van der Waals surface area contributed by atoms with E-state index in [-0.39, 0.29) is 0 Å². The van der Waals surface area contributed by atoms with Crippen molar-refractivity contribution in [3.63, 3.8) is 0 Å². The van der Waals surface area contributed by atoms with Gasteiger partial charge in [-0.15, -0.1) is 0 Å². The maximum atomic E-state index is 6.01. The third-order valence-corrected chi connectivity index (χ3v) is 2.93. The fourth-order valence-electron chi connectivity index (χ4n) is 2.10. The molecule has 0 aliphatic rings. The minimum atomic E-state index is 0.679. The number of pyridine rings is 1. The first-order chi connectivity index (χ1) is 8.56. The van der Waals surface area contributed by atoms with Crippen molar-refractivity contribution < 1.29 is 0 Å². The van der Waals surface area contributed by atoms with E-state index in [1.165, 1.54) is 5.56 Å². The van der Waals surface area contributed by atoms with E-state index in [1.807, 2.05) is 19.2 Å². The average Bonchev–Trinajstić information content (AvgIpc) is 2.30. The first-order valence-electron chi connectivity index (χ1n) is 6.37. The molecular weight excluding hydrogens is 220 g/mol. The quantitative estimate of drug-likeness (QED) is 0.885. The molecule has 1 heterocycles. The summed E-state index contributed by atoms with van der Waals surface area (Å²) in [5.41, 5.74) is 11.2. The monoisotopic (exact) mass is 240 g/mol. The summed E-state index contributed by atoms with van der Waals surface area (Å²) in [7, 11) is 0. The third kappa shape index (κ3) is 2.89. The van der Waals surface area contributed by atoms with Crippen molar-refractivity contribution >= 4 is 5.69 Å². The number of hydrogen-bond acceptors (Lipinski definition) is 2. The highest BCUT2D eigenvalue weighted by molar-refractivity contribution is 5.72. The van der Waals surface area contributed by atoms with Crippen LogP contribution in [0.1, 0.15) is 25.0 Å². The molecule has 0 unspecified atom stereocenters. The Hall–Kier alpha value is -1.83. The second-order valence-corrected chi connectivity index (χ2v) is 5.25. The molecule has 1 aromatic heterocycles. The van der Waals surface area contributed by atoms with Gasteiger partial charge < -0.3 is 5.73 Å². The topological polar surface area (TPSA) is 38.9 Å². The lowest BCUT2D eigenvalue weighted by Gasteiger charge is -2.08. The molecule has 94 valence electrons. The first-order valence-corrected chi connectivity index (χ1v) is 6.37. The Bertz CT molecular complexity index is 527. The molecule has 1 aromatic carbocycles. The van der Waals surface area contributed by atoms with Crippen LogP contribution in [0.3, 0.4) is 0 Å². The summed E-state index contributed by atoms with van der Waals surface area (Å²) < 4.78 is 0. The lowest BCUT2D eigenvalue weighted by molar-refractivity contribution is 0.647. The number of benzene rings is 1. The summed E-state index contributed by atoms with van der Waals surface area (Å²) in [4.78, 5) is 4.41. The molecule has 0 saturated carbocycles. The minimum Gasteiger partial charge on any atom is -0.397 e. The van der Waals surface area contributed by atoms with Gasteiger partial charge in [-0.05, 0) is 36.5 Å². The predicted octanol–water partition coefficient (Wildman–Crippen LogP) is 3.84. The van der Waals surface area contributed by atoms with Crippen molar-refractivity contribution in [1.29, 1.82) is 0 Å². The Morgan fingerprint density at radius 1 is 1.17 bits per heavy atom. The van der Waals surface area contributed by atoms with E-state index in [0.717, 1.165) is 28.9 Å². The molecule has 0 aliphatic heterocycles. The SMILES string of the molecule is Cc1cnc(-c2ccc(CC(C)C)cc2)c(N)c1.